The summed E-state index contributed by atoms with van der Waals surface area (Å²) in [6.07, 6.45) is 3.44. The number of carbonyl (C=O) groups excluding carboxylic acids is 1. The molecule has 0 amide bonds. The van der Waals surface area contributed by atoms with Gasteiger partial charge in [-0.1, -0.05) is 11.8 Å². The number of rotatable bonds is 5. The second-order valence-corrected chi connectivity index (χ2v) is 4.85. The lowest BCUT2D eigenvalue weighted by atomic mass is 10.3. The van der Waals surface area contributed by atoms with Crippen molar-refractivity contribution in [2.24, 2.45) is 0 Å². The first kappa shape index (κ1) is 16.0. The van der Waals surface area contributed by atoms with Crippen LogP contribution in [0.5, 0.6) is 0 Å². The van der Waals surface area contributed by atoms with Gasteiger partial charge in [0.1, 0.15) is 12.7 Å². The van der Waals surface area contributed by atoms with Crippen molar-refractivity contribution in [2.45, 2.75) is 26.3 Å². The van der Waals surface area contributed by atoms with Gasteiger partial charge in [0.2, 0.25) is 5.69 Å². The Bertz CT molecular complexity index is 608. The molecule has 0 spiro atoms. The molecule has 1 aromatic heterocycles. The molecule has 1 fully saturated rings. The van der Waals surface area contributed by atoms with E-state index in [0.29, 0.717) is 6.54 Å². The third-order valence-corrected chi connectivity index (χ3v) is 3.34. The SMILES string of the molecule is CCOC(=O)c1c([N+](=O)[O-])cnn1CC#CCN1CCCC1. The first-order chi connectivity index (χ1) is 10.6. The largest absolute Gasteiger partial charge is 0.461 e. The van der Waals surface area contributed by atoms with Gasteiger partial charge >= 0.3 is 11.7 Å². The molecule has 2 rings (SSSR count). The highest BCUT2D eigenvalue weighted by atomic mass is 16.6. The highest BCUT2D eigenvalue weighted by Crippen LogP contribution is 2.18. The molecule has 0 aromatic carbocycles. The van der Waals surface area contributed by atoms with E-state index < -0.39 is 10.9 Å². The average Bonchev–Trinajstić information content (AvgIpc) is 3.13. The standard InChI is InChI=1S/C14H18N4O4/c1-2-22-14(19)13-12(18(20)21)11-15-17(13)10-6-5-9-16-7-3-4-8-16/h11H,2-4,7-10H2,1H3. The van der Waals surface area contributed by atoms with Crippen molar-refractivity contribution in [3.8, 4) is 11.8 Å². The lowest BCUT2D eigenvalue weighted by Crippen LogP contribution is -2.19. The Morgan fingerprint density at radius 3 is 2.73 bits per heavy atom. The lowest BCUT2D eigenvalue weighted by molar-refractivity contribution is -0.385. The number of aromatic nitrogens is 2. The fourth-order valence-electron chi connectivity index (χ4n) is 2.28. The quantitative estimate of drug-likeness (QED) is 0.350. The molecule has 8 heteroatoms. The number of esters is 1. The minimum absolute atomic E-state index is 0.121. The van der Waals surface area contributed by atoms with Gasteiger partial charge in [0, 0.05) is 0 Å². The van der Waals surface area contributed by atoms with E-state index in [0.717, 1.165) is 19.3 Å². The summed E-state index contributed by atoms with van der Waals surface area (Å²) in [5, 5.41) is 14.8. The van der Waals surface area contributed by atoms with E-state index >= 15 is 0 Å². The van der Waals surface area contributed by atoms with Crippen molar-refractivity contribution >= 4 is 11.7 Å². The van der Waals surface area contributed by atoms with Crippen LogP contribution in [0.1, 0.15) is 30.3 Å². The van der Waals surface area contributed by atoms with Gasteiger partial charge in [-0.05, 0) is 32.9 Å². The molecule has 2 heterocycles. The number of ether oxygens (including phenoxy) is 1. The van der Waals surface area contributed by atoms with Crippen LogP contribution in [-0.4, -0.2) is 51.8 Å². The minimum Gasteiger partial charge on any atom is -0.461 e. The zero-order valence-corrected chi connectivity index (χ0v) is 12.4. The molecule has 1 aliphatic heterocycles. The molecule has 0 aliphatic carbocycles. The molecule has 1 saturated heterocycles. The van der Waals surface area contributed by atoms with E-state index in [4.69, 9.17) is 4.74 Å². The van der Waals surface area contributed by atoms with Crippen molar-refractivity contribution in [1.29, 1.82) is 0 Å². The zero-order chi connectivity index (χ0) is 15.9. The lowest BCUT2D eigenvalue weighted by Gasteiger charge is -2.08. The molecule has 0 atom stereocenters. The van der Waals surface area contributed by atoms with Crippen LogP contribution in [0.2, 0.25) is 0 Å². The first-order valence-corrected chi connectivity index (χ1v) is 7.19. The normalized spacial score (nSPS) is 14.4. The third kappa shape index (κ3) is 3.83. The number of carbonyl (C=O) groups is 1. The van der Waals surface area contributed by atoms with Crippen molar-refractivity contribution in [3.05, 3.63) is 22.0 Å². The number of hydrogen-bond acceptors (Lipinski definition) is 6. The fourth-order valence-corrected chi connectivity index (χ4v) is 2.28. The molecule has 1 aliphatic rings. The van der Waals surface area contributed by atoms with E-state index in [1.807, 2.05) is 0 Å². The number of hydrogen-bond donors (Lipinski definition) is 0. The number of nitrogens with zero attached hydrogens (tertiary/aromatic N) is 4. The maximum atomic E-state index is 11.8. The Morgan fingerprint density at radius 1 is 1.41 bits per heavy atom. The highest BCUT2D eigenvalue weighted by molar-refractivity contribution is 5.91. The Morgan fingerprint density at radius 2 is 2.09 bits per heavy atom. The van der Waals surface area contributed by atoms with E-state index in [1.165, 1.54) is 17.5 Å². The van der Waals surface area contributed by atoms with Gasteiger partial charge < -0.3 is 4.74 Å². The second kappa shape index (κ2) is 7.56. The zero-order valence-electron chi connectivity index (χ0n) is 12.4. The molecule has 0 N–H and O–H groups in total. The van der Waals surface area contributed by atoms with Crippen LogP contribution >= 0.6 is 0 Å². The molecular weight excluding hydrogens is 288 g/mol. The Labute approximate surface area is 128 Å². The van der Waals surface area contributed by atoms with Crippen LogP contribution in [0.3, 0.4) is 0 Å². The molecular formula is C14H18N4O4. The van der Waals surface area contributed by atoms with E-state index in [-0.39, 0.29) is 24.5 Å². The smallest absolute Gasteiger partial charge is 0.363 e. The summed E-state index contributed by atoms with van der Waals surface area (Å²) in [4.78, 5) is 24.4. The Kier molecular flexibility index (Phi) is 5.49. The predicted octanol–water partition coefficient (Wildman–Crippen LogP) is 1.07. The van der Waals surface area contributed by atoms with Crippen molar-refractivity contribution in [1.82, 2.24) is 14.7 Å². The Balaban J connectivity index is 2.08. The summed E-state index contributed by atoms with van der Waals surface area (Å²) in [7, 11) is 0. The number of nitro groups is 1. The van der Waals surface area contributed by atoms with Gasteiger partial charge in [-0.3, -0.25) is 15.0 Å². The maximum Gasteiger partial charge on any atom is 0.363 e. The van der Waals surface area contributed by atoms with Gasteiger partial charge in [0.05, 0.1) is 18.1 Å². The van der Waals surface area contributed by atoms with E-state index in [9.17, 15) is 14.9 Å². The van der Waals surface area contributed by atoms with E-state index in [2.05, 4.69) is 21.8 Å². The van der Waals surface area contributed by atoms with Crippen LogP contribution in [0, 0.1) is 22.0 Å². The molecule has 22 heavy (non-hydrogen) atoms. The molecule has 0 bridgehead atoms. The highest BCUT2D eigenvalue weighted by Gasteiger charge is 2.27. The fraction of sp³-hybridized carbons (Fsp3) is 0.571. The van der Waals surface area contributed by atoms with Crippen molar-refractivity contribution < 1.29 is 14.5 Å². The average molecular weight is 306 g/mol. The van der Waals surface area contributed by atoms with Crippen LogP contribution < -0.4 is 0 Å². The molecule has 8 nitrogen and oxygen atoms in total. The van der Waals surface area contributed by atoms with Crippen LogP contribution in [-0.2, 0) is 11.3 Å². The molecule has 118 valence electrons. The summed E-state index contributed by atoms with van der Waals surface area (Å²) < 4.78 is 6.06. The molecule has 0 saturated carbocycles. The molecule has 0 unspecified atom stereocenters. The topological polar surface area (TPSA) is 90.5 Å². The Hall–Kier alpha value is -2.40. The van der Waals surface area contributed by atoms with E-state index in [1.54, 1.807) is 6.92 Å². The minimum atomic E-state index is -0.756. The van der Waals surface area contributed by atoms with Crippen molar-refractivity contribution in [2.75, 3.05) is 26.2 Å². The van der Waals surface area contributed by atoms with Gasteiger partial charge in [0.25, 0.3) is 0 Å². The van der Waals surface area contributed by atoms with Crippen LogP contribution in [0.25, 0.3) is 0 Å². The van der Waals surface area contributed by atoms with Crippen molar-refractivity contribution in [3.63, 3.8) is 0 Å². The maximum absolute atomic E-state index is 11.8. The molecule has 0 radical (unpaired) electrons. The van der Waals surface area contributed by atoms with Gasteiger partial charge in [-0.2, -0.15) is 5.10 Å². The monoisotopic (exact) mass is 306 g/mol. The summed E-state index contributed by atoms with van der Waals surface area (Å²) in [6.45, 7) is 4.67. The first-order valence-electron chi connectivity index (χ1n) is 7.19. The third-order valence-electron chi connectivity index (χ3n) is 3.34. The second-order valence-electron chi connectivity index (χ2n) is 4.85. The van der Waals surface area contributed by atoms with Crippen LogP contribution in [0.4, 0.5) is 5.69 Å². The summed E-state index contributed by atoms with van der Waals surface area (Å²) in [6, 6.07) is 0. The van der Waals surface area contributed by atoms with Gasteiger partial charge in [-0.25, -0.2) is 9.48 Å². The summed E-state index contributed by atoms with van der Waals surface area (Å²) >= 11 is 0. The van der Waals surface area contributed by atoms with Gasteiger partial charge in [-0.15, -0.1) is 0 Å². The number of likely N-dealkylation sites (tertiary alicyclic amines) is 1. The van der Waals surface area contributed by atoms with Gasteiger partial charge in [0.15, 0.2) is 0 Å². The summed E-state index contributed by atoms with van der Waals surface area (Å²) in [5.41, 5.74) is -0.526. The predicted molar refractivity (Wildman–Crippen MR) is 78.3 cm³/mol. The summed E-state index contributed by atoms with van der Waals surface area (Å²) in [5.74, 6) is 5.15. The molecule has 1 aromatic rings. The van der Waals surface area contributed by atoms with Crippen LogP contribution in [0.15, 0.2) is 6.20 Å².